The molecule has 8 heteroatoms. The first kappa shape index (κ1) is 26.3. The normalized spacial score (nSPS) is 37.9. The fourth-order valence-electron chi connectivity index (χ4n) is 6.29. The Kier molecular flexibility index (Phi) is 8.58. The van der Waals surface area contributed by atoms with E-state index in [9.17, 15) is 9.90 Å². The number of anilines is 1. The Hall–Kier alpha value is -0.770. The summed E-state index contributed by atoms with van der Waals surface area (Å²) in [7, 11) is 0. The van der Waals surface area contributed by atoms with E-state index in [-0.39, 0.29) is 35.9 Å². The van der Waals surface area contributed by atoms with Crippen LogP contribution < -0.4 is 5.32 Å². The lowest BCUT2D eigenvalue weighted by Crippen LogP contribution is -2.67. The van der Waals surface area contributed by atoms with Crippen molar-refractivity contribution < 1.29 is 24.4 Å². The van der Waals surface area contributed by atoms with Gasteiger partial charge in [0.25, 0.3) is 0 Å². The van der Waals surface area contributed by atoms with Gasteiger partial charge in [-0.15, -0.1) is 23.5 Å². The van der Waals surface area contributed by atoms with E-state index in [4.69, 9.17) is 14.5 Å². The van der Waals surface area contributed by atoms with Crippen LogP contribution in [-0.4, -0.2) is 47.6 Å². The van der Waals surface area contributed by atoms with Gasteiger partial charge in [-0.25, -0.2) is 9.78 Å². The first-order chi connectivity index (χ1) is 16.3. The summed E-state index contributed by atoms with van der Waals surface area (Å²) in [5.41, 5.74) is -0.00683. The van der Waals surface area contributed by atoms with Crippen LogP contribution in [0.15, 0.2) is 28.0 Å². The Balaban J connectivity index is 1.43. The van der Waals surface area contributed by atoms with Gasteiger partial charge in [0.15, 0.2) is 11.9 Å². The molecule has 8 atom stereocenters. The molecule has 8 unspecified atom stereocenters. The summed E-state index contributed by atoms with van der Waals surface area (Å²) >= 11 is 3.32. The lowest BCUT2D eigenvalue weighted by molar-refractivity contribution is -0.460. The largest absolute Gasteiger partial charge is 0.365 e. The number of aliphatic hydroxyl groups is 1. The van der Waals surface area contributed by atoms with Gasteiger partial charge in [0, 0.05) is 27.8 Å². The molecular weight excluding hydrogens is 470 g/mol. The molecule has 1 saturated carbocycles. The Morgan fingerprint density at radius 2 is 1.74 bits per heavy atom. The Bertz CT molecular complexity index is 847. The summed E-state index contributed by atoms with van der Waals surface area (Å²) in [6.45, 7) is 6.45. The number of aliphatic hydroxyl groups excluding tert-OH is 1. The van der Waals surface area contributed by atoms with Gasteiger partial charge in [0.1, 0.15) is 0 Å². The van der Waals surface area contributed by atoms with E-state index >= 15 is 0 Å². The summed E-state index contributed by atoms with van der Waals surface area (Å²) in [6.07, 6.45) is 7.69. The van der Waals surface area contributed by atoms with Crippen molar-refractivity contribution in [1.82, 2.24) is 0 Å². The maximum atomic E-state index is 12.8. The summed E-state index contributed by atoms with van der Waals surface area (Å²) in [4.78, 5) is 26.9. The SMILES string of the molecule is CSc1cc(NC(=O)CCC2OC(O)C34OOC(C)CCC3C(C)CCC4C2C)cc(SC)c1. The Morgan fingerprint density at radius 1 is 1.06 bits per heavy atom. The van der Waals surface area contributed by atoms with E-state index in [0.717, 1.165) is 41.2 Å². The second-order valence-corrected chi connectivity index (χ2v) is 12.0. The van der Waals surface area contributed by atoms with Crippen LogP contribution in [0.3, 0.4) is 0 Å². The van der Waals surface area contributed by atoms with Crippen LogP contribution in [0.1, 0.15) is 59.3 Å². The van der Waals surface area contributed by atoms with Crippen molar-refractivity contribution in [1.29, 1.82) is 0 Å². The lowest BCUT2D eigenvalue weighted by atomic mass is 9.57. The molecular formula is C26H39NO5S2. The highest BCUT2D eigenvalue weighted by atomic mass is 32.2. The number of thioether (sulfide) groups is 2. The van der Waals surface area contributed by atoms with E-state index in [1.54, 1.807) is 23.5 Å². The van der Waals surface area contributed by atoms with Gasteiger partial charge < -0.3 is 15.2 Å². The summed E-state index contributed by atoms with van der Waals surface area (Å²) < 4.78 is 6.20. The molecule has 2 heterocycles. The molecule has 3 fully saturated rings. The van der Waals surface area contributed by atoms with Crippen LogP contribution in [0.4, 0.5) is 5.69 Å². The molecule has 2 aliphatic heterocycles. The van der Waals surface area contributed by atoms with Crippen molar-refractivity contribution in [2.24, 2.45) is 23.7 Å². The average molecular weight is 510 g/mol. The number of benzene rings is 1. The molecule has 3 aliphatic rings. The number of nitrogens with one attached hydrogen (secondary N) is 1. The molecule has 6 nitrogen and oxygen atoms in total. The summed E-state index contributed by atoms with van der Waals surface area (Å²) in [5, 5.41) is 14.3. The summed E-state index contributed by atoms with van der Waals surface area (Å²) in [5.74, 6) is 0.909. The Labute approximate surface area is 212 Å². The predicted molar refractivity (Wildman–Crippen MR) is 137 cm³/mol. The zero-order valence-electron chi connectivity index (χ0n) is 20.9. The summed E-state index contributed by atoms with van der Waals surface area (Å²) in [6, 6.07) is 6.13. The molecule has 4 rings (SSSR count). The van der Waals surface area contributed by atoms with E-state index in [1.807, 2.05) is 31.6 Å². The van der Waals surface area contributed by atoms with Crippen molar-refractivity contribution in [3.8, 4) is 0 Å². The highest BCUT2D eigenvalue weighted by molar-refractivity contribution is 7.99. The minimum atomic E-state index is -1.05. The van der Waals surface area contributed by atoms with Gasteiger partial charge in [-0.05, 0) is 87.5 Å². The monoisotopic (exact) mass is 509 g/mol. The molecule has 1 amide bonds. The maximum Gasteiger partial charge on any atom is 0.224 e. The Morgan fingerprint density at radius 3 is 2.41 bits per heavy atom. The van der Waals surface area contributed by atoms with Crippen LogP contribution in [-0.2, 0) is 19.3 Å². The van der Waals surface area contributed by atoms with E-state index in [1.165, 1.54) is 0 Å². The first-order valence-electron chi connectivity index (χ1n) is 12.5. The van der Waals surface area contributed by atoms with Gasteiger partial charge in [-0.2, -0.15) is 0 Å². The minimum Gasteiger partial charge on any atom is -0.365 e. The zero-order chi connectivity index (χ0) is 24.5. The van der Waals surface area contributed by atoms with Crippen LogP contribution in [0, 0.1) is 23.7 Å². The van der Waals surface area contributed by atoms with E-state index < -0.39 is 11.9 Å². The lowest BCUT2D eigenvalue weighted by Gasteiger charge is -2.57. The molecule has 190 valence electrons. The molecule has 0 aromatic heterocycles. The topological polar surface area (TPSA) is 77.0 Å². The molecule has 2 N–H and O–H groups in total. The second-order valence-electron chi connectivity index (χ2n) is 10.3. The quantitative estimate of drug-likeness (QED) is 0.374. The van der Waals surface area contributed by atoms with E-state index in [2.05, 4.69) is 25.2 Å². The highest BCUT2D eigenvalue weighted by Gasteiger charge is 2.63. The number of hydrogen-bond donors (Lipinski definition) is 2. The maximum absolute atomic E-state index is 12.8. The van der Waals surface area contributed by atoms with Gasteiger partial charge >= 0.3 is 0 Å². The molecule has 1 spiro atoms. The van der Waals surface area contributed by atoms with Crippen LogP contribution in [0.2, 0.25) is 0 Å². The van der Waals surface area contributed by atoms with Crippen molar-refractivity contribution in [3.63, 3.8) is 0 Å². The number of amides is 1. The molecule has 34 heavy (non-hydrogen) atoms. The fraction of sp³-hybridized carbons (Fsp3) is 0.731. The standard InChI is InChI=1S/C26H39NO5S2/c1-15-6-8-22-17(3)23(30-25(29)26(22)21(15)9-7-16(2)31-32-26)10-11-24(28)27-18-12-19(33-4)14-20(13-18)34-5/h12-17,21-23,25,29H,6-11H2,1-5H3,(H,27,28). The molecule has 1 aliphatic carbocycles. The highest BCUT2D eigenvalue weighted by Crippen LogP contribution is 2.56. The smallest absolute Gasteiger partial charge is 0.224 e. The number of hydrogen-bond acceptors (Lipinski definition) is 7. The number of carbonyl (C=O) groups is 1. The van der Waals surface area contributed by atoms with Crippen LogP contribution >= 0.6 is 23.5 Å². The zero-order valence-corrected chi connectivity index (χ0v) is 22.5. The van der Waals surface area contributed by atoms with E-state index in [0.29, 0.717) is 18.8 Å². The molecule has 1 aromatic rings. The van der Waals surface area contributed by atoms with Gasteiger partial charge in [0.05, 0.1) is 12.2 Å². The second kappa shape index (κ2) is 11.1. The van der Waals surface area contributed by atoms with Crippen molar-refractivity contribution in [3.05, 3.63) is 18.2 Å². The third-order valence-corrected chi connectivity index (χ3v) is 9.64. The van der Waals surface area contributed by atoms with Crippen molar-refractivity contribution in [2.75, 3.05) is 17.8 Å². The molecule has 0 radical (unpaired) electrons. The average Bonchev–Trinajstić information content (AvgIpc) is 3.00. The first-order valence-corrected chi connectivity index (χ1v) is 14.9. The van der Waals surface area contributed by atoms with Crippen molar-refractivity contribution >= 4 is 35.1 Å². The molecule has 1 aromatic carbocycles. The number of ether oxygens (including phenoxy) is 1. The van der Waals surface area contributed by atoms with Gasteiger partial charge in [0.2, 0.25) is 5.91 Å². The fourth-order valence-corrected chi connectivity index (χ4v) is 7.35. The van der Waals surface area contributed by atoms with Gasteiger partial charge in [-0.1, -0.05) is 13.8 Å². The van der Waals surface area contributed by atoms with Crippen LogP contribution in [0.25, 0.3) is 0 Å². The third kappa shape index (κ3) is 5.18. The molecule has 0 bridgehead atoms. The molecule has 2 saturated heterocycles. The van der Waals surface area contributed by atoms with Crippen molar-refractivity contribution in [2.45, 2.75) is 93.2 Å². The minimum absolute atomic E-state index is 0.00739. The van der Waals surface area contributed by atoms with Crippen LogP contribution in [0.5, 0.6) is 0 Å². The predicted octanol–water partition coefficient (Wildman–Crippen LogP) is 5.73. The van der Waals surface area contributed by atoms with Gasteiger partial charge in [-0.3, -0.25) is 4.79 Å². The number of carbonyl (C=O) groups excluding carboxylic acids is 1. The third-order valence-electron chi connectivity index (χ3n) is 8.22. The number of rotatable bonds is 6.